The van der Waals surface area contributed by atoms with Crippen LogP contribution in [-0.2, 0) is 0 Å². The molecule has 0 aliphatic heterocycles. The number of aliphatic hydroxyl groups excluding tert-OH is 2. The Morgan fingerprint density at radius 1 is 1.05 bits per heavy atom. The van der Waals surface area contributed by atoms with Crippen molar-refractivity contribution in [3.8, 4) is 11.5 Å². The molecule has 0 aliphatic carbocycles. The highest BCUT2D eigenvalue weighted by Gasteiger charge is 2.07. The van der Waals surface area contributed by atoms with E-state index < -0.39 is 6.10 Å². The SMILES string of the molecule is CCCC(O)CNCC(O)COc1ccc(OC)cc1. The second kappa shape index (κ2) is 9.58. The van der Waals surface area contributed by atoms with Crippen LogP contribution < -0.4 is 14.8 Å². The molecule has 2 unspecified atom stereocenters. The van der Waals surface area contributed by atoms with Gasteiger partial charge in [0.2, 0.25) is 0 Å². The van der Waals surface area contributed by atoms with Gasteiger partial charge in [-0.25, -0.2) is 0 Å². The van der Waals surface area contributed by atoms with Crippen molar-refractivity contribution < 1.29 is 19.7 Å². The zero-order valence-corrected chi connectivity index (χ0v) is 12.2. The fourth-order valence-corrected chi connectivity index (χ4v) is 1.78. The van der Waals surface area contributed by atoms with Crippen LogP contribution in [0.2, 0.25) is 0 Å². The topological polar surface area (TPSA) is 71.0 Å². The Hall–Kier alpha value is -1.30. The number of benzene rings is 1. The van der Waals surface area contributed by atoms with Crippen molar-refractivity contribution in [3.63, 3.8) is 0 Å². The normalized spacial score (nSPS) is 13.8. The van der Waals surface area contributed by atoms with E-state index in [1.165, 1.54) is 0 Å². The Morgan fingerprint density at radius 3 is 2.25 bits per heavy atom. The minimum Gasteiger partial charge on any atom is -0.497 e. The second-order valence-electron chi connectivity index (χ2n) is 4.74. The van der Waals surface area contributed by atoms with Gasteiger partial charge < -0.3 is 25.0 Å². The number of nitrogens with one attached hydrogen (secondary N) is 1. The van der Waals surface area contributed by atoms with E-state index in [4.69, 9.17) is 9.47 Å². The first kappa shape index (κ1) is 16.8. The van der Waals surface area contributed by atoms with Crippen LogP contribution in [0.3, 0.4) is 0 Å². The molecule has 5 heteroatoms. The van der Waals surface area contributed by atoms with Crippen LogP contribution >= 0.6 is 0 Å². The van der Waals surface area contributed by atoms with Crippen molar-refractivity contribution in [3.05, 3.63) is 24.3 Å². The van der Waals surface area contributed by atoms with Gasteiger partial charge >= 0.3 is 0 Å². The third-order valence-electron chi connectivity index (χ3n) is 2.88. The number of rotatable bonds is 10. The number of hydrogen-bond acceptors (Lipinski definition) is 5. The molecule has 114 valence electrons. The first-order valence-corrected chi connectivity index (χ1v) is 6.99. The highest BCUT2D eigenvalue weighted by Crippen LogP contribution is 2.16. The lowest BCUT2D eigenvalue weighted by Crippen LogP contribution is -2.35. The van der Waals surface area contributed by atoms with E-state index in [1.807, 2.05) is 6.92 Å². The molecule has 0 spiro atoms. The molecule has 0 fully saturated rings. The predicted molar refractivity (Wildman–Crippen MR) is 78.3 cm³/mol. The highest BCUT2D eigenvalue weighted by molar-refractivity contribution is 5.31. The van der Waals surface area contributed by atoms with Crippen LogP contribution in [0.25, 0.3) is 0 Å². The van der Waals surface area contributed by atoms with Crippen LogP contribution in [0.15, 0.2) is 24.3 Å². The Labute approximate surface area is 120 Å². The maximum atomic E-state index is 9.76. The Balaban J connectivity index is 2.17. The summed E-state index contributed by atoms with van der Waals surface area (Å²) >= 11 is 0. The lowest BCUT2D eigenvalue weighted by Gasteiger charge is -2.15. The van der Waals surface area contributed by atoms with Crippen molar-refractivity contribution in [1.29, 1.82) is 0 Å². The van der Waals surface area contributed by atoms with Crippen LogP contribution in [0.1, 0.15) is 19.8 Å². The van der Waals surface area contributed by atoms with E-state index in [0.717, 1.165) is 18.6 Å². The summed E-state index contributed by atoms with van der Waals surface area (Å²) in [6.07, 6.45) is 0.762. The zero-order valence-electron chi connectivity index (χ0n) is 12.2. The first-order valence-electron chi connectivity index (χ1n) is 6.99. The summed E-state index contributed by atoms with van der Waals surface area (Å²) in [5.74, 6) is 1.46. The standard InChI is InChI=1S/C15H25NO4/c1-3-4-12(17)9-16-10-13(18)11-20-15-7-5-14(19-2)6-8-15/h5-8,12-13,16-18H,3-4,9-11H2,1-2H3. The Kier molecular flexibility index (Phi) is 8.02. The van der Waals surface area contributed by atoms with Gasteiger partial charge in [-0.05, 0) is 30.7 Å². The van der Waals surface area contributed by atoms with E-state index in [1.54, 1.807) is 31.4 Å². The predicted octanol–water partition coefficient (Wildman–Crippen LogP) is 1.19. The summed E-state index contributed by atoms with van der Waals surface area (Å²) in [4.78, 5) is 0. The third kappa shape index (κ3) is 6.75. The molecule has 0 amide bonds. The van der Waals surface area contributed by atoms with Crippen molar-refractivity contribution in [2.45, 2.75) is 32.0 Å². The van der Waals surface area contributed by atoms with Crippen molar-refractivity contribution in [2.24, 2.45) is 0 Å². The van der Waals surface area contributed by atoms with Gasteiger partial charge in [0.25, 0.3) is 0 Å². The third-order valence-corrected chi connectivity index (χ3v) is 2.88. The summed E-state index contributed by atoms with van der Waals surface area (Å²) < 4.78 is 10.5. The summed E-state index contributed by atoms with van der Waals surface area (Å²) in [6.45, 7) is 3.13. The number of aliphatic hydroxyl groups is 2. The quantitative estimate of drug-likeness (QED) is 0.601. The molecule has 1 rings (SSSR count). The maximum absolute atomic E-state index is 9.76. The van der Waals surface area contributed by atoms with E-state index in [-0.39, 0.29) is 12.7 Å². The van der Waals surface area contributed by atoms with E-state index in [2.05, 4.69) is 5.32 Å². The summed E-state index contributed by atoms with van der Waals surface area (Å²) in [5, 5.41) is 22.3. The number of hydrogen-bond donors (Lipinski definition) is 3. The maximum Gasteiger partial charge on any atom is 0.119 e. The van der Waals surface area contributed by atoms with Gasteiger partial charge in [-0.3, -0.25) is 0 Å². The molecule has 0 saturated heterocycles. The van der Waals surface area contributed by atoms with Crippen LogP contribution in [0, 0.1) is 0 Å². The van der Waals surface area contributed by atoms with Gasteiger partial charge in [0.15, 0.2) is 0 Å². The molecular formula is C15H25NO4. The fraction of sp³-hybridized carbons (Fsp3) is 0.600. The monoisotopic (exact) mass is 283 g/mol. The van der Waals surface area contributed by atoms with Gasteiger partial charge in [0.05, 0.1) is 13.2 Å². The molecule has 20 heavy (non-hydrogen) atoms. The Bertz CT molecular complexity index is 355. The minimum absolute atomic E-state index is 0.212. The van der Waals surface area contributed by atoms with E-state index in [0.29, 0.717) is 18.8 Å². The summed E-state index contributed by atoms with van der Waals surface area (Å²) in [6, 6.07) is 7.20. The van der Waals surface area contributed by atoms with Crippen LogP contribution in [0.4, 0.5) is 0 Å². The molecule has 0 bridgehead atoms. The fourth-order valence-electron chi connectivity index (χ4n) is 1.78. The molecule has 0 saturated carbocycles. The second-order valence-corrected chi connectivity index (χ2v) is 4.74. The Morgan fingerprint density at radius 2 is 1.65 bits per heavy atom. The van der Waals surface area contributed by atoms with Gasteiger partial charge in [-0.1, -0.05) is 13.3 Å². The minimum atomic E-state index is -0.606. The molecule has 0 aromatic heterocycles. The molecule has 0 radical (unpaired) electrons. The molecular weight excluding hydrogens is 258 g/mol. The van der Waals surface area contributed by atoms with Crippen LogP contribution in [-0.4, -0.2) is 49.2 Å². The molecule has 1 aromatic rings. The molecule has 0 heterocycles. The molecule has 0 aliphatic rings. The summed E-state index contributed by atoms with van der Waals surface area (Å²) in [7, 11) is 1.61. The lowest BCUT2D eigenvalue weighted by atomic mass is 10.2. The average Bonchev–Trinajstić information content (AvgIpc) is 2.46. The largest absolute Gasteiger partial charge is 0.497 e. The molecule has 2 atom stereocenters. The van der Waals surface area contributed by atoms with E-state index in [9.17, 15) is 10.2 Å². The van der Waals surface area contributed by atoms with Gasteiger partial charge in [0, 0.05) is 13.1 Å². The van der Waals surface area contributed by atoms with Crippen molar-refractivity contribution in [2.75, 3.05) is 26.8 Å². The molecule has 3 N–H and O–H groups in total. The summed E-state index contributed by atoms with van der Waals surface area (Å²) in [5.41, 5.74) is 0. The molecule has 1 aromatic carbocycles. The van der Waals surface area contributed by atoms with Crippen molar-refractivity contribution in [1.82, 2.24) is 5.32 Å². The smallest absolute Gasteiger partial charge is 0.119 e. The zero-order chi connectivity index (χ0) is 14.8. The highest BCUT2D eigenvalue weighted by atomic mass is 16.5. The molecule has 5 nitrogen and oxygen atoms in total. The number of ether oxygens (including phenoxy) is 2. The van der Waals surface area contributed by atoms with E-state index >= 15 is 0 Å². The van der Waals surface area contributed by atoms with Gasteiger partial charge in [-0.15, -0.1) is 0 Å². The van der Waals surface area contributed by atoms with Crippen molar-refractivity contribution >= 4 is 0 Å². The average molecular weight is 283 g/mol. The number of methoxy groups -OCH3 is 1. The first-order chi connectivity index (χ1) is 9.65. The lowest BCUT2D eigenvalue weighted by molar-refractivity contribution is 0.0984. The van der Waals surface area contributed by atoms with Gasteiger partial charge in [-0.2, -0.15) is 0 Å². The van der Waals surface area contributed by atoms with Gasteiger partial charge in [0.1, 0.15) is 24.2 Å². The van der Waals surface area contributed by atoms with Crippen LogP contribution in [0.5, 0.6) is 11.5 Å².